The third-order valence-electron chi connectivity index (χ3n) is 2.60. The second kappa shape index (κ2) is 6.23. The van der Waals surface area contributed by atoms with Crippen LogP contribution in [0, 0.1) is 6.92 Å². The van der Waals surface area contributed by atoms with Gasteiger partial charge in [-0.25, -0.2) is 0 Å². The van der Waals surface area contributed by atoms with Crippen LogP contribution in [-0.2, 0) is 11.0 Å². The molecule has 4 nitrogen and oxygen atoms in total. The van der Waals surface area contributed by atoms with Crippen molar-refractivity contribution in [2.24, 2.45) is 0 Å². The number of halogens is 4. The molecule has 1 amide bonds. The van der Waals surface area contributed by atoms with Crippen molar-refractivity contribution in [3.05, 3.63) is 52.3 Å². The highest BCUT2D eigenvalue weighted by Gasteiger charge is 2.33. The van der Waals surface area contributed by atoms with E-state index in [1.54, 1.807) is 6.92 Å². The standard InChI is InChI=1S/C14H10ClF3N2O2/c1-8-6-12(20-22-8)19-13(21)5-3-9-2-4-11(15)10(7-9)14(16,17)18/h2-7H,1H3,(H,19,20,21)/b5-3+. The lowest BCUT2D eigenvalue weighted by atomic mass is 10.1. The molecule has 2 aromatic rings. The van der Waals surface area contributed by atoms with Crippen LogP contribution in [0.2, 0.25) is 5.02 Å². The maximum absolute atomic E-state index is 12.7. The van der Waals surface area contributed by atoms with Gasteiger partial charge in [-0.15, -0.1) is 0 Å². The molecule has 0 radical (unpaired) electrons. The molecule has 1 heterocycles. The van der Waals surface area contributed by atoms with Gasteiger partial charge in [0.25, 0.3) is 0 Å². The average Bonchev–Trinajstić information content (AvgIpc) is 2.82. The number of hydrogen-bond acceptors (Lipinski definition) is 3. The molecule has 116 valence electrons. The van der Waals surface area contributed by atoms with Crippen LogP contribution in [-0.4, -0.2) is 11.1 Å². The molecule has 2 rings (SSSR count). The van der Waals surface area contributed by atoms with Crippen LogP contribution in [0.4, 0.5) is 19.0 Å². The zero-order chi connectivity index (χ0) is 16.3. The molecule has 22 heavy (non-hydrogen) atoms. The van der Waals surface area contributed by atoms with Gasteiger partial charge in [-0.2, -0.15) is 13.2 Å². The topological polar surface area (TPSA) is 55.1 Å². The number of nitrogens with one attached hydrogen (secondary N) is 1. The van der Waals surface area contributed by atoms with E-state index in [2.05, 4.69) is 10.5 Å². The van der Waals surface area contributed by atoms with Crippen molar-refractivity contribution >= 4 is 29.4 Å². The Hall–Kier alpha value is -2.28. The van der Waals surface area contributed by atoms with Crippen molar-refractivity contribution in [3.8, 4) is 0 Å². The molecule has 0 aliphatic rings. The van der Waals surface area contributed by atoms with Crippen molar-refractivity contribution in [2.75, 3.05) is 5.32 Å². The lowest BCUT2D eigenvalue weighted by Crippen LogP contribution is -2.08. The highest BCUT2D eigenvalue weighted by molar-refractivity contribution is 6.31. The second-order valence-corrected chi connectivity index (χ2v) is 4.79. The first-order valence-corrected chi connectivity index (χ1v) is 6.42. The van der Waals surface area contributed by atoms with Crippen LogP contribution in [0.5, 0.6) is 0 Å². The van der Waals surface area contributed by atoms with Crippen LogP contribution in [0.25, 0.3) is 6.08 Å². The van der Waals surface area contributed by atoms with Crippen LogP contribution in [0.1, 0.15) is 16.9 Å². The zero-order valence-electron chi connectivity index (χ0n) is 11.2. The van der Waals surface area contributed by atoms with Gasteiger partial charge in [0.15, 0.2) is 5.82 Å². The Balaban J connectivity index is 2.11. The number of anilines is 1. The third-order valence-corrected chi connectivity index (χ3v) is 2.93. The maximum Gasteiger partial charge on any atom is 0.417 e. The Bertz CT molecular complexity index is 723. The molecule has 0 saturated carbocycles. The fourth-order valence-electron chi connectivity index (χ4n) is 1.63. The van der Waals surface area contributed by atoms with E-state index in [0.717, 1.165) is 18.2 Å². The average molecular weight is 331 g/mol. The molecular formula is C14H10ClF3N2O2. The van der Waals surface area contributed by atoms with E-state index in [1.165, 1.54) is 18.2 Å². The molecule has 8 heteroatoms. The minimum atomic E-state index is -4.55. The Morgan fingerprint density at radius 2 is 2.09 bits per heavy atom. The number of nitrogens with zero attached hydrogens (tertiary/aromatic N) is 1. The molecular weight excluding hydrogens is 321 g/mol. The number of carbonyl (C=O) groups excluding carboxylic acids is 1. The number of benzene rings is 1. The second-order valence-electron chi connectivity index (χ2n) is 4.38. The van der Waals surface area contributed by atoms with E-state index in [4.69, 9.17) is 16.1 Å². The van der Waals surface area contributed by atoms with Gasteiger partial charge in [-0.1, -0.05) is 22.8 Å². The van der Waals surface area contributed by atoms with Gasteiger partial charge in [0.2, 0.25) is 5.91 Å². The van der Waals surface area contributed by atoms with Crippen molar-refractivity contribution in [1.29, 1.82) is 0 Å². The molecule has 0 aliphatic carbocycles. The Labute approximate surface area is 128 Å². The van der Waals surface area contributed by atoms with Gasteiger partial charge in [0.1, 0.15) is 5.76 Å². The highest BCUT2D eigenvalue weighted by Crippen LogP contribution is 2.35. The number of hydrogen-bond donors (Lipinski definition) is 1. The maximum atomic E-state index is 12.7. The largest absolute Gasteiger partial charge is 0.417 e. The summed E-state index contributed by atoms with van der Waals surface area (Å²) in [7, 11) is 0. The summed E-state index contributed by atoms with van der Waals surface area (Å²) in [5, 5.41) is 5.58. The van der Waals surface area contributed by atoms with Crippen molar-refractivity contribution in [1.82, 2.24) is 5.16 Å². The van der Waals surface area contributed by atoms with Gasteiger partial charge < -0.3 is 9.84 Å². The highest BCUT2D eigenvalue weighted by atomic mass is 35.5. The first kappa shape index (κ1) is 16.1. The fraction of sp³-hybridized carbons (Fsp3) is 0.143. The Kier molecular flexibility index (Phi) is 4.56. The van der Waals surface area contributed by atoms with Crippen molar-refractivity contribution in [2.45, 2.75) is 13.1 Å². The number of amides is 1. The molecule has 0 aliphatic heterocycles. The fourth-order valence-corrected chi connectivity index (χ4v) is 1.85. The number of aryl methyl sites for hydroxylation is 1. The molecule has 0 fully saturated rings. The van der Waals surface area contributed by atoms with Gasteiger partial charge in [-0.3, -0.25) is 4.79 Å². The van der Waals surface area contributed by atoms with Gasteiger partial charge in [0, 0.05) is 12.1 Å². The van der Waals surface area contributed by atoms with Crippen LogP contribution in [0.3, 0.4) is 0 Å². The molecule has 0 unspecified atom stereocenters. The minimum Gasteiger partial charge on any atom is -0.360 e. The molecule has 0 spiro atoms. The molecule has 1 aromatic heterocycles. The minimum absolute atomic E-state index is 0.197. The summed E-state index contributed by atoms with van der Waals surface area (Å²) in [6, 6.07) is 4.88. The normalized spacial score (nSPS) is 11.9. The molecule has 0 atom stereocenters. The summed E-state index contributed by atoms with van der Waals surface area (Å²) in [6.07, 6.45) is -2.22. The van der Waals surface area contributed by atoms with Crippen LogP contribution in [0.15, 0.2) is 34.9 Å². The third kappa shape index (κ3) is 4.11. The molecule has 0 bridgehead atoms. The van der Waals surface area contributed by atoms with E-state index >= 15 is 0 Å². The quantitative estimate of drug-likeness (QED) is 0.853. The number of rotatable bonds is 3. The summed E-state index contributed by atoms with van der Waals surface area (Å²) in [4.78, 5) is 11.6. The smallest absolute Gasteiger partial charge is 0.360 e. The SMILES string of the molecule is Cc1cc(NC(=O)/C=C/c2ccc(Cl)c(C(F)(F)F)c2)no1. The lowest BCUT2D eigenvalue weighted by Gasteiger charge is -2.09. The lowest BCUT2D eigenvalue weighted by molar-refractivity contribution is -0.137. The monoisotopic (exact) mass is 330 g/mol. The Morgan fingerprint density at radius 1 is 1.36 bits per heavy atom. The van der Waals surface area contributed by atoms with E-state index < -0.39 is 22.7 Å². The van der Waals surface area contributed by atoms with Gasteiger partial charge in [0.05, 0.1) is 10.6 Å². The van der Waals surface area contributed by atoms with Crippen molar-refractivity contribution in [3.63, 3.8) is 0 Å². The first-order chi connectivity index (χ1) is 10.3. The summed E-state index contributed by atoms with van der Waals surface area (Å²) in [5.74, 6) is 0.197. The van der Waals surface area contributed by atoms with E-state index in [-0.39, 0.29) is 11.4 Å². The predicted octanol–water partition coefficient (Wildman–Crippen LogP) is 4.31. The molecule has 1 aromatic carbocycles. The first-order valence-electron chi connectivity index (χ1n) is 6.05. The molecule has 0 saturated heterocycles. The zero-order valence-corrected chi connectivity index (χ0v) is 12.0. The van der Waals surface area contributed by atoms with Gasteiger partial charge in [-0.05, 0) is 30.7 Å². The van der Waals surface area contributed by atoms with Crippen molar-refractivity contribution < 1.29 is 22.5 Å². The number of carbonyl (C=O) groups is 1. The summed E-state index contributed by atoms with van der Waals surface area (Å²) < 4.78 is 42.9. The molecule has 1 N–H and O–H groups in total. The number of aromatic nitrogens is 1. The predicted molar refractivity (Wildman–Crippen MR) is 75.4 cm³/mol. The van der Waals surface area contributed by atoms with E-state index in [0.29, 0.717) is 5.76 Å². The van der Waals surface area contributed by atoms with Crippen LogP contribution < -0.4 is 5.32 Å². The van der Waals surface area contributed by atoms with Crippen LogP contribution >= 0.6 is 11.6 Å². The summed E-state index contributed by atoms with van der Waals surface area (Å²) >= 11 is 5.51. The van der Waals surface area contributed by atoms with Gasteiger partial charge >= 0.3 is 6.18 Å². The number of alkyl halides is 3. The Morgan fingerprint density at radius 3 is 2.68 bits per heavy atom. The summed E-state index contributed by atoms with van der Waals surface area (Å²) in [6.45, 7) is 1.66. The summed E-state index contributed by atoms with van der Waals surface area (Å²) in [5.41, 5.74) is -0.757. The van der Waals surface area contributed by atoms with E-state index in [9.17, 15) is 18.0 Å². The van der Waals surface area contributed by atoms with E-state index in [1.807, 2.05) is 0 Å².